The van der Waals surface area contributed by atoms with Crippen LogP contribution in [0.1, 0.15) is 32.6 Å². The standard InChI is InChI=1S/C11H21N2O3S.C3H4B3FN2S2.C2F2N3O2S.O2S/c1-2-3-6-12-8-9-13(11-12)7-4-5-10-17(14,15)16;7-6(11)5(4-10)9-2-1-8-3-9;3-1-5-2(7-6-1)10(4,8)9;1-3-2/h8-9H,2-7,10-11H2,1H3;1-3,11H;;/q+1;;-1;/p+1/i;11T;;. The summed E-state index contributed by atoms with van der Waals surface area (Å²) in [5.74, 6) is -0.135. The number of halogens is 3. The van der Waals surface area contributed by atoms with E-state index in [1.54, 1.807) is 16.9 Å². The van der Waals surface area contributed by atoms with Crippen molar-refractivity contribution in [2.24, 2.45) is 0 Å². The Bertz CT molecular complexity index is 1400. The molecule has 0 bridgehead atoms. The molecule has 0 atom stereocenters. The van der Waals surface area contributed by atoms with Crippen molar-refractivity contribution in [3.8, 4) is 0 Å². The number of rotatable bonds is 13. The Morgan fingerprint density at radius 1 is 1.24 bits per heavy atom. The van der Waals surface area contributed by atoms with Crippen LogP contribution in [-0.4, -0.2) is 117 Å². The summed E-state index contributed by atoms with van der Waals surface area (Å²) in [7, 11) is -8.80. The third-order valence-corrected chi connectivity index (χ3v) is 6.62. The van der Waals surface area contributed by atoms with Crippen molar-refractivity contribution in [2.75, 3.05) is 25.5 Å². The van der Waals surface area contributed by atoms with E-state index < -0.39 is 55.9 Å². The molecule has 0 amide bonds. The van der Waals surface area contributed by atoms with Gasteiger partial charge >= 0.3 is 105 Å². The minimum atomic E-state index is -5.01. The molecule has 0 aliphatic carbocycles. The molecule has 3 heterocycles. The van der Waals surface area contributed by atoms with E-state index >= 15 is 0 Å². The fraction of sp³-hybridized carbons (Fsp3) is 0.562. The monoisotopic (exact) mass is 680 g/mol. The van der Waals surface area contributed by atoms with Gasteiger partial charge in [-0.3, -0.25) is 4.55 Å². The zero-order valence-electron chi connectivity index (χ0n) is 22.5. The number of hydrogen-bond donors (Lipinski definition) is 2. The molecule has 226 valence electrons. The molecule has 0 saturated heterocycles. The maximum absolute atomic E-state index is 13.0. The Kier molecular flexibility index (Phi) is 18.7. The Morgan fingerprint density at radius 2 is 1.85 bits per heavy atom. The first kappa shape index (κ1) is 37.0. The molecule has 0 fully saturated rings. The number of unbranched alkanes of at least 4 members (excludes halogenated alkanes) is 2. The molecule has 0 aromatic carbocycles. The normalized spacial score (nSPS) is 12.5. The van der Waals surface area contributed by atoms with Crippen LogP contribution in [-0.2, 0) is 31.9 Å². The third-order valence-electron chi connectivity index (χ3n) is 4.65. The Hall–Kier alpha value is -2.08. The van der Waals surface area contributed by atoms with Gasteiger partial charge in [0.25, 0.3) is 10.1 Å². The first-order valence-electron chi connectivity index (χ1n) is 11.8. The van der Waals surface area contributed by atoms with Gasteiger partial charge in [0, 0.05) is 12.8 Å². The topological polar surface area (TPSA) is 186 Å². The van der Waals surface area contributed by atoms with Crippen LogP contribution in [0.15, 0.2) is 23.9 Å². The maximum atomic E-state index is 13.0. The van der Waals surface area contributed by atoms with Crippen LogP contribution in [0.4, 0.5) is 12.6 Å². The molecule has 1 aliphatic heterocycles. The Labute approximate surface area is 252 Å². The summed E-state index contributed by atoms with van der Waals surface area (Å²) in [5.41, 5.74) is 0. The van der Waals surface area contributed by atoms with E-state index in [1.807, 2.05) is 6.21 Å². The first-order chi connectivity index (χ1) is 19.7. The Balaban J connectivity index is 0.000000592. The van der Waals surface area contributed by atoms with Gasteiger partial charge in [-0.1, -0.05) is 17.2 Å². The van der Waals surface area contributed by atoms with E-state index in [2.05, 4.69) is 54.5 Å². The molecular formula is C16H26B3F3N7O7S5+. The molecule has 0 radical (unpaired) electrons. The number of aromatic nitrogens is 5. The summed E-state index contributed by atoms with van der Waals surface area (Å²) in [6.45, 7) is 4.41. The van der Waals surface area contributed by atoms with Crippen LogP contribution < -0.4 is 4.98 Å². The summed E-state index contributed by atoms with van der Waals surface area (Å²) in [6, 6.07) is 1.30. The van der Waals surface area contributed by atoms with Crippen LogP contribution in [0.3, 0.4) is 0 Å². The molecule has 1 aliphatic rings. The van der Waals surface area contributed by atoms with E-state index in [0.29, 0.717) is 18.8 Å². The SMILES string of the molecule is CCCC[N+]1=CC=[N+](CCCCS(=O)(=O)O)C1.O=S(=O)(F)c1nnc(F)[n-]1.O=S=O.[3H]SB(F)B(B=S)n1ccnc1. The van der Waals surface area contributed by atoms with Gasteiger partial charge < -0.3 is 15.2 Å². The molecule has 0 spiro atoms. The van der Waals surface area contributed by atoms with Gasteiger partial charge in [0.1, 0.15) is 18.2 Å². The van der Waals surface area contributed by atoms with Crippen LogP contribution in [0.25, 0.3) is 0 Å². The van der Waals surface area contributed by atoms with Gasteiger partial charge in [-0.2, -0.15) is 38.8 Å². The van der Waals surface area contributed by atoms with Crippen molar-refractivity contribution in [3.05, 3.63) is 24.8 Å². The molecule has 2 aromatic heterocycles. The van der Waals surface area contributed by atoms with Crippen molar-refractivity contribution >= 4 is 87.6 Å². The van der Waals surface area contributed by atoms with E-state index in [1.165, 1.54) is 25.2 Å². The van der Waals surface area contributed by atoms with Gasteiger partial charge in [0.15, 0.2) is 6.08 Å². The Morgan fingerprint density at radius 3 is 2.24 bits per heavy atom. The number of hydrogen-bond acceptors (Lipinski definition) is 11. The van der Waals surface area contributed by atoms with Crippen LogP contribution in [0.5, 0.6) is 0 Å². The van der Waals surface area contributed by atoms with Gasteiger partial charge in [-0.15, -0.1) is 0 Å². The average Bonchev–Trinajstić information content (AvgIpc) is 3.69. The molecular weight excluding hydrogens is 652 g/mol. The van der Waals surface area contributed by atoms with Gasteiger partial charge in [0.05, 0.1) is 5.75 Å². The fourth-order valence-corrected chi connectivity index (χ4v) is 4.28. The molecule has 41 heavy (non-hydrogen) atoms. The first-order valence-corrected chi connectivity index (χ1v) is 16.0. The molecule has 2 aromatic rings. The second-order valence-electron chi connectivity index (χ2n) is 7.77. The van der Waals surface area contributed by atoms with Crippen molar-refractivity contribution < 1.29 is 51.5 Å². The van der Waals surface area contributed by atoms with E-state index in [9.17, 15) is 29.4 Å². The molecule has 0 unspecified atom stereocenters. The van der Waals surface area contributed by atoms with Crippen LogP contribution in [0, 0.1) is 6.08 Å². The fourth-order valence-electron chi connectivity index (χ4n) is 2.79. The quantitative estimate of drug-likeness (QED) is 0.0701. The van der Waals surface area contributed by atoms with Crippen LogP contribution >= 0.6 is 24.4 Å². The van der Waals surface area contributed by atoms with Crippen molar-refractivity contribution in [1.82, 2.24) is 24.6 Å². The molecule has 14 nitrogen and oxygen atoms in total. The second kappa shape index (κ2) is 20.7. The molecule has 1 N–H and O–H groups in total. The third kappa shape index (κ3) is 18.9. The van der Waals surface area contributed by atoms with E-state index in [-0.39, 0.29) is 5.75 Å². The predicted molar refractivity (Wildman–Crippen MR) is 153 cm³/mol. The second-order valence-corrected chi connectivity index (χ2v) is 11.4. The number of imidazole rings is 1. The molecule has 25 heteroatoms. The van der Waals surface area contributed by atoms with Crippen molar-refractivity contribution in [1.29, 1.82) is 1.12 Å². The van der Waals surface area contributed by atoms with Crippen LogP contribution in [0.2, 0.25) is 0 Å². The van der Waals surface area contributed by atoms with Gasteiger partial charge in [0.2, 0.25) is 12.4 Å². The summed E-state index contributed by atoms with van der Waals surface area (Å²) in [5, 5.41) is 3.88. The number of thiol groups is 1. The summed E-state index contributed by atoms with van der Waals surface area (Å²) >= 11 is 4.30. The van der Waals surface area contributed by atoms with E-state index in [0.717, 1.165) is 26.2 Å². The summed E-state index contributed by atoms with van der Waals surface area (Å²) < 4.78 is 115. The minimum absolute atomic E-state index is 0.135. The summed E-state index contributed by atoms with van der Waals surface area (Å²) in [4.78, 5) is 6.30. The molecule has 3 rings (SSSR count). The zero-order valence-corrected chi connectivity index (χ0v) is 25.6. The molecule has 0 saturated carbocycles. The van der Waals surface area contributed by atoms with E-state index in [4.69, 9.17) is 14.1 Å². The van der Waals surface area contributed by atoms with Gasteiger partial charge in [-0.05, 0) is 6.42 Å². The zero-order chi connectivity index (χ0) is 32.2. The van der Waals surface area contributed by atoms with Crippen molar-refractivity contribution in [2.45, 2.75) is 37.8 Å². The predicted octanol–water partition coefficient (Wildman–Crippen LogP) is -0.345. The average molecular weight is 680 g/mol. The van der Waals surface area contributed by atoms with Crippen molar-refractivity contribution in [3.63, 3.8) is 0 Å². The van der Waals surface area contributed by atoms with Gasteiger partial charge in [-0.25, -0.2) is 0 Å². The number of nitrogens with zero attached hydrogens (tertiary/aromatic N) is 7. The summed E-state index contributed by atoms with van der Waals surface area (Å²) in [6.07, 6.45) is 9.76.